The molecule has 6 nitrogen and oxygen atoms in total. The van der Waals surface area contributed by atoms with Crippen molar-refractivity contribution in [1.29, 1.82) is 0 Å². The molecule has 140 valence electrons. The third-order valence-electron chi connectivity index (χ3n) is 4.92. The van der Waals surface area contributed by atoms with Gasteiger partial charge in [0.1, 0.15) is 0 Å². The van der Waals surface area contributed by atoms with Gasteiger partial charge in [0, 0.05) is 32.7 Å². The number of nitrogens with one attached hydrogen (secondary N) is 2. The van der Waals surface area contributed by atoms with Gasteiger partial charge < -0.3 is 20.4 Å². The van der Waals surface area contributed by atoms with Gasteiger partial charge in [0.25, 0.3) is 0 Å². The molecule has 0 aromatic rings. The fraction of sp³-hybridized carbons (Fsp3) is 0.882. The van der Waals surface area contributed by atoms with Gasteiger partial charge in [-0.1, -0.05) is 13.8 Å². The first-order valence-electron chi connectivity index (χ1n) is 8.99. The Labute approximate surface area is 152 Å². The molecule has 2 saturated heterocycles. The molecule has 0 aromatic heterocycles. The lowest BCUT2D eigenvalue weighted by molar-refractivity contribution is -0.138. The minimum absolute atomic E-state index is 0. The van der Waals surface area contributed by atoms with Crippen LogP contribution in [0, 0.1) is 11.8 Å². The standard InChI is InChI=1S/C17H32N4O2.ClH/c1-13(2)11-19-17(23)21-10-4-5-14(12-21)16(22)20(3)15-6-8-18-9-7-15;/h13-15,18H,4-12H2,1-3H3,(H,19,23);1H. The predicted octanol–water partition coefficient (Wildman–Crippen LogP) is 1.70. The quantitative estimate of drug-likeness (QED) is 0.802. The van der Waals surface area contributed by atoms with E-state index in [-0.39, 0.29) is 30.3 Å². The Morgan fingerprint density at radius 2 is 1.92 bits per heavy atom. The van der Waals surface area contributed by atoms with E-state index in [2.05, 4.69) is 24.5 Å². The molecule has 7 heteroatoms. The van der Waals surface area contributed by atoms with E-state index in [1.807, 2.05) is 16.8 Å². The van der Waals surface area contributed by atoms with Crippen molar-refractivity contribution in [1.82, 2.24) is 20.4 Å². The maximum atomic E-state index is 12.8. The Morgan fingerprint density at radius 1 is 1.25 bits per heavy atom. The first-order chi connectivity index (χ1) is 11.0. The van der Waals surface area contributed by atoms with Crippen molar-refractivity contribution in [3.05, 3.63) is 0 Å². The number of carbonyl (C=O) groups is 2. The largest absolute Gasteiger partial charge is 0.342 e. The third kappa shape index (κ3) is 5.81. The van der Waals surface area contributed by atoms with E-state index in [9.17, 15) is 9.59 Å². The fourth-order valence-corrected chi connectivity index (χ4v) is 3.43. The van der Waals surface area contributed by atoms with Crippen LogP contribution >= 0.6 is 12.4 Å². The van der Waals surface area contributed by atoms with E-state index in [1.54, 1.807) is 0 Å². The Hall–Kier alpha value is -1.01. The Kier molecular flexibility index (Phi) is 8.84. The summed E-state index contributed by atoms with van der Waals surface area (Å²) < 4.78 is 0. The highest BCUT2D eigenvalue weighted by Gasteiger charge is 2.32. The smallest absolute Gasteiger partial charge is 0.317 e. The van der Waals surface area contributed by atoms with E-state index in [0.29, 0.717) is 25.0 Å². The first kappa shape index (κ1) is 21.0. The second-order valence-corrected chi connectivity index (χ2v) is 7.30. The molecule has 0 saturated carbocycles. The van der Waals surface area contributed by atoms with Crippen LogP contribution in [0.3, 0.4) is 0 Å². The van der Waals surface area contributed by atoms with Gasteiger partial charge in [0.15, 0.2) is 0 Å². The van der Waals surface area contributed by atoms with Crippen LogP contribution < -0.4 is 10.6 Å². The lowest BCUT2D eigenvalue weighted by atomic mass is 9.95. The highest BCUT2D eigenvalue weighted by molar-refractivity contribution is 5.85. The van der Waals surface area contributed by atoms with Crippen molar-refractivity contribution in [3.63, 3.8) is 0 Å². The second kappa shape index (κ2) is 10.1. The normalized spacial score (nSPS) is 22.0. The molecule has 2 aliphatic heterocycles. The Morgan fingerprint density at radius 3 is 2.54 bits per heavy atom. The molecule has 1 unspecified atom stereocenters. The molecule has 1 atom stereocenters. The molecular formula is C17H33ClN4O2. The van der Waals surface area contributed by atoms with Crippen LogP contribution in [0.25, 0.3) is 0 Å². The van der Waals surface area contributed by atoms with Crippen molar-refractivity contribution < 1.29 is 9.59 Å². The average molecular weight is 361 g/mol. The highest BCUT2D eigenvalue weighted by Crippen LogP contribution is 2.21. The molecule has 0 bridgehead atoms. The van der Waals surface area contributed by atoms with Gasteiger partial charge in [0.2, 0.25) is 5.91 Å². The van der Waals surface area contributed by atoms with Crippen LogP contribution in [0.2, 0.25) is 0 Å². The van der Waals surface area contributed by atoms with Crippen LogP contribution in [0.1, 0.15) is 39.5 Å². The third-order valence-corrected chi connectivity index (χ3v) is 4.92. The summed E-state index contributed by atoms with van der Waals surface area (Å²) >= 11 is 0. The maximum Gasteiger partial charge on any atom is 0.317 e. The summed E-state index contributed by atoms with van der Waals surface area (Å²) in [5, 5.41) is 6.29. The van der Waals surface area contributed by atoms with Crippen LogP contribution in [0.4, 0.5) is 4.79 Å². The number of urea groups is 1. The number of hydrogen-bond acceptors (Lipinski definition) is 3. The lowest BCUT2D eigenvalue weighted by Crippen LogP contribution is -2.52. The van der Waals surface area contributed by atoms with Crippen molar-refractivity contribution in [2.75, 3.05) is 39.8 Å². The SMILES string of the molecule is CC(C)CNC(=O)N1CCCC(C(=O)N(C)C2CCNCC2)C1.Cl. The number of nitrogens with zero attached hydrogens (tertiary/aromatic N) is 2. The van der Waals surface area contributed by atoms with Crippen molar-refractivity contribution in [2.24, 2.45) is 11.8 Å². The number of halogens is 1. The summed E-state index contributed by atoms with van der Waals surface area (Å²) in [7, 11) is 1.93. The van der Waals surface area contributed by atoms with Gasteiger partial charge in [-0.15, -0.1) is 12.4 Å². The summed E-state index contributed by atoms with van der Waals surface area (Å²) in [5.41, 5.74) is 0. The summed E-state index contributed by atoms with van der Waals surface area (Å²) in [4.78, 5) is 28.7. The molecule has 0 aromatic carbocycles. The van der Waals surface area contributed by atoms with E-state index in [4.69, 9.17) is 0 Å². The van der Waals surface area contributed by atoms with Gasteiger partial charge in [-0.2, -0.15) is 0 Å². The number of hydrogen-bond donors (Lipinski definition) is 2. The van der Waals surface area contributed by atoms with Gasteiger partial charge in [-0.3, -0.25) is 4.79 Å². The molecule has 2 N–H and O–H groups in total. The fourth-order valence-electron chi connectivity index (χ4n) is 3.43. The zero-order valence-electron chi connectivity index (χ0n) is 15.2. The molecule has 0 aliphatic carbocycles. The summed E-state index contributed by atoms with van der Waals surface area (Å²) in [6, 6.07) is 0.314. The number of piperidine rings is 2. The van der Waals surface area contributed by atoms with Gasteiger partial charge in [-0.05, 0) is 44.7 Å². The summed E-state index contributed by atoms with van der Waals surface area (Å²) in [6.45, 7) is 8.12. The molecule has 2 rings (SSSR count). The Balaban J connectivity index is 0.00000288. The van der Waals surface area contributed by atoms with E-state index >= 15 is 0 Å². The monoisotopic (exact) mass is 360 g/mol. The van der Waals surface area contributed by atoms with Crippen molar-refractivity contribution >= 4 is 24.3 Å². The number of amides is 3. The average Bonchev–Trinajstić information content (AvgIpc) is 2.59. The molecular weight excluding hydrogens is 328 g/mol. The van der Waals surface area contributed by atoms with Crippen molar-refractivity contribution in [2.45, 2.75) is 45.6 Å². The van der Waals surface area contributed by atoms with Crippen LogP contribution in [0.15, 0.2) is 0 Å². The van der Waals surface area contributed by atoms with Crippen molar-refractivity contribution in [3.8, 4) is 0 Å². The molecule has 0 radical (unpaired) electrons. The van der Waals surface area contributed by atoms with Crippen LogP contribution in [-0.4, -0.2) is 67.6 Å². The predicted molar refractivity (Wildman–Crippen MR) is 98.4 cm³/mol. The number of likely N-dealkylation sites (tertiary alicyclic amines) is 1. The van der Waals surface area contributed by atoms with E-state index < -0.39 is 0 Å². The highest BCUT2D eigenvalue weighted by atomic mass is 35.5. The molecule has 2 aliphatic rings. The summed E-state index contributed by atoms with van der Waals surface area (Å²) in [5.74, 6) is 0.596. The maximum absolute atomic E-state index is 12.8. The number of carbonyl (C=O) groups excluding carboxylic acids is 2. The zero-order valence-corrected chi connectivity index (χ0v) is 16.0. The number of rotatable bonds is 4. The molecule has 0 spiro atoms. The van der Waals surface area contributed by atoms with E-state index in [0.717, 1.165) is 45.3 Å². The van der Waals surface area contributed by atoms with E-state index in [1.165, 1.54) is 0 Å². The van der Waals surface area contributed by atoms with Gasteiger partial charge in [-0.25, -0.2) is 4.79 Å². The Bertz CT molecular complexity index is 413. The summed E-state index contributed by atoms with van der Waals surface area (Å²) in [6.07, 6.45) is 3.84. The minimum atomic E-state index is -0.0477. The van der Waals surface area contributed by atoms with Crippen LogP contribution in [0.5, 0.6) is 0 Å². The second-order valence-electron chi connectivity index (χ2n) is 7.30. The van der Waals surface area contributed by atoms with Gasteiger partial charge >= 0.3 is 6.03 Å². The molecule has 2 heterocycles. The zero-order chi connectivity index (χ0) is 16.8. The topological polar surface area (TPSA) is 64.7 Å². The first-order valence-corrected chi connectivity index (χ1v) is 8.99. The lowest BCUT2D eigenvalue weighted by Gasteiger charge is -2.37. The molecule has 2 fully saturated rings. The minimum Gasteiger partial charge on any atom is -0.342 e. The van der Waals surface area contributed by atoms with Gasteiger partial charge in [0.05, 0.1) is 5.92 Å². The van der Waals surface area contributed by atoms with Crippen LogP contribution in [-0.2, 0) is 4.79 Å². The molecule has 24 heavy (non-hydrogen) atoms. The molecule has 3 amide bonds.